The highest BCUT2D eigenvalue weighted by atomic mass is 79.9. The number of nitrogens with zero attached hydrogens (tertiary/aromatic N) is 1. The van der Waals surface area contributed by atoms with Gasteiger partial charge in [-0.3, -0.25) is 4.79 Å². The minimum Gasteiger partial charge on any atom is -0.338 e. The zero-order chi connectivity index (χ0) is 12.4. The minimum absolute atomic E-state index is 0.149. The summed E-state index contributed by atoms with van der Waals surface area (Å²) in [7, 11) is 0. The number of carbonyl (C=O) groups excluding carboxylic acids is 1. The van der Waals surface area contributed by atoms with Crippen LogP contribution in [-0.4, -0.2) is 29.2 Å². The van der Waals surface area contributed by atoms with E-state index in [1.807, 2.05) is 11.0 Å². The first kappa shape index (κ1) is 14.0. The van der Waals surface area contributed by atoms with Gasteiger partial charge in [-0.1, -0.05) is 15.9 Å². The molecule has 1 aromatic heterocycles. The van der Waals surface area contributed by atoms with E-state index in [9.17, 15) is 4.79 Å². The van der Waals surface area contributed by atoms with Crippen molar-refractivity contribution < 1.29 is 4.79 Å². The lowest BCUT2D eigenvalue weighted by atomic mass is 10.1. The second-order valence-corrected chi connectivity index (χ2v) is 8.66. The maximum absolute atomic E-state index is 12.3. The number of hydrogen-bond donors (Lipinski definition) is 0. The monoisotopic (exact) mass is 443 g/mol. The zero-order valence-corrected chi connectivity index (χ0v) is 14.7. The van der Waals surface area contributed by atoms with Gasteiger partial charge in [0.15, 0.2) is 0 Å². The fourth-order valence-electron chi connectivity index (χ4n) is 2.06. The second-order valence-electron chi connectivity index (χ2n) is 4.12. The van der Waals surface area contributed by atoms with E-state index >= 15 is 0 Å². The van der Waals surface area contributed by atoms with E-state index in [1.54, 1.807) is 11.3 Å². The van der Waals surface area contributed by atoms with Crippen molar-refractivity contribution in [2.24, 2.45) is 5.92 Å². The molecule has 1 atom stereocenters. The number of rotatable bonds is 3. The number of amides is 1. The van der Waals surface area contributed by atoms with Crippen LogP contribution in [0, 0.1) is 5.92 Å². The molecule has 1 amide bonds. The Balaban J connectivity index is 2.04. The lowest BCUT2D eigenvalue weighted by Gasteiger charge is -2.15. The Labute approximate surface area is 130 Å². The molecule has 0 radical (unpaired) electrons. The molecule has 0 aromatic carbocycles. The highest BCUT2D eigenvalue weighted by molar-refractivity contribution is 9.12. The molecule has 0 aliphatic carbocycles. The Kier molecular flexibility index (Phi) is 5.09. The van der Waals surface area contributed by atoms with Crippen LogP contribution in [0.4, 0.5) is 0 Å². The van der Waals surface area contributed by atoms with Gasteiger partial charge < -0.3 is 4.90 Å². The number of thiophene rings is 1. The predicted octanol–water partition coefficient (Wildman–Crippen LogP) is 4.52. The summed E-state index contributed by atoms with van der Waals surface area (Å²) >= 11 is 11.9. The number of carbonyl (C=O) groups is 1. The lowest BCUT2D eigenvalue weighted by Crippen LogP contribution is -2.28. The Bertz CT molecular complexity index is 421. The Morgan fingerprint density at radius 1 is 1.53 bits per heavy atom. The normalized spacial score (nSPS) is 19.9. The molecule has 2 rings (SSSR count). The van der Waals surface area contributed by atoms with Gasteiger partial charge >= 0.3 is 0 Å². The molecule has 1 saturated heterocycles. The molecule has 2 nitrogen and oxygen atoms in total. The van der Waals surface area contributed by atoms with Crippen molar-refractivity contribution in [3.05, 3.63) is 19.2 Å². The van der Waals surface area contributed by atoms with Crippen LogP contribution in [0.5, 0.6) is 0 Å². The van der Waals surface area contributed by atoms with Crippen LogP contribution in [0.15, 0.2) is 13.6 Å². The van der Waals surface area contributed by atoms with Gasteiger partial charge in [0.1, 0.15) is 0 Å². The van der Waals surface area contributed by atoms with Crippen LogP contribution in [0.25, 0.3) is 0 Å². The SMILES string of the molecule is O=C(c1cc(Br)sc1Br)N1CCC(CCBr)C1. The fourth-order valence-corrected chi connectivity index (χ4v) is 5.49. The molecular weight excluding hydrogens is 434 g/mol. The van der Waals surface area contributed by atoms with Gasteiger partial charge in [-0.2, -0.15) is 0 Å². The van der Waals surface area contributed by atoms with E-state index in [0.717, 1.165) is 44.4 Å². The standard InChI is InChI=1S/C11H12Br3NOS/c12-3-1-7-2-4-15(6-7)11(16)8-5-9(13)17-10(8)14/h5,7H,1-4,6H2. The first-order chi connectivity index (χ1) is 8.11. The summed E-state index contributed by atoms with van der Waals surface area (Å²) in [5, 5.41) is 1.02. The molecule has 1 aromatic rings. The topological polar surface area (TPSA) is 20.3 Å². The quantitative estimate of drug-likeness (QED) is 0.626. The minimum atomic E-state index is 0.149. The van der Waals surface area contributed by atoms with Crippen LogP contribution < -0.4 is 0 Å². The third-order valence-corrected chi connectivity index (χ3v) is 5.77. The molecule has 6 heteroatoms. The highest BCUT2D eigenvalue weighted by Gasteiger charge is 2.28. The van der Waals surface area contributed by atoms with E-state index in [0.29, 0.717) is 5.92 Å². The predicted molar refractivity (Wildman–Crippen MR) is 82.1 cm³/mol. The van der Waals surface area contributed by atoms with Crippen LogP contribution in [0.1, 0.15) is 23.2 Å². The largest absolute Gasteiger partial charge is 0.338 e. The van der Waals surface area contributed by atoms with Crippen molar-refractivity contribution in [1.82, 2.24) is 4.90 Å². The molecule has 0 N–H and O–H groups in total. The van der Waals surface area contributed by atoms with Crippen molar-refractivity contribution >= 4 is 65.0 Å². The Morgan fingerprint density at radius 2 is 2.29 bits per heavy atom. The van der Waals surface area contributed by atoms with Gasteiger partial charge in [0.05, 0.1) is 13.1 Å². The lowest BCUT2D eigenvalue weighted by molar-refractivity contribution is 0.0786. The molecule has 94 valence electrons. The molecule has 1 unspecified atom stereocenters. The van der Waals surface area contributed by atoms with E-state index in [4.69, 9.17) is 0 Å². The van der Waals surface area contributed by atoms with E-state index in [1.165, 1.54) is 0 Å². The van der Waals surface area contributed by atoms with Gasteiger partial charge in [0.25, 0.3) is 5.91 Å². The van der Waals surface area contributed by atoms with E-state index in [-0.39, 0.29) is 5.91 Å². The van der Waals surface area contributed by atoms with Crippen molar-refractivity contribution in [2.75, 3.05) is 18.4 Å². The average molecular weight is 446 g/mol. The van der Waals surface area contributed by atoms with Crippen LogP contribution >= 0.6 is 59.1 Å². The van der Waals surface area contributed by atoms with Gasteiger partial charge in [-0.15, -0.1) is 11.3 Å². The second kappa shape index (κ2) is 6.17. The van der Waals surface area contributed by atoms with E-state index in [2.05, 4.69) is 47.8 Å². The summed E-state index contributed by atoms with van der Waals surface area (Å²) in [6, 6.07) is 1.90. The van der Waals surface area contributed by atoms with Crippen molar-refractivity contribution in [2.45, 2.75) is 12.8 Å². The number of alkyl halides is 1. The van der Waals surface area contributed by atoms with Crippen LogP contribution in [-0.2, 0) is 0 Å². The smallest absolute Gasteiger partial charge is 0.255 e. The molecule has 0 saturated carbocycles. The summed E-state index contributed by atoms with van der Waals surface area (Å²) in [5.41, 5.74) is 0.779. The molecule has 1 aliphatic rings. The molecule has 17 heavy (non-hydrogen) atoms. The van der Waals surface area contributed by atoms with Crippen LogP contribution in [0.3, 0.4) is 0 Å². The van der Waals surface area contributed by atoms with Gasteiger partial charge in [0.2, 0.25) is 0 Å². The summed E-state index contributed by atoms with van der Waals surface area (Å²) in [6.45, 7) is 1.78. The van der Waals surface area contributed by atoms with E-state index < -0.39 is 0 Å². The highest BCUT2D eigenvalue weighted by Crippen LogP contribution is 2.33. The summed E-state index contributed by atoms with van der Waals surface area (Å²) in [4.78, 5) is 14.3. The summed E-state index contributed by atoms with van der Waals surface area (Å²) in [6.07, 6.45) is 2.28. The Morgan fingerprint density at radius 3 is 2.88 bits per heavy atom. The number of hydrogen-bond acceptors (Lipinski definition) is 2. The summed E-state index contributed by atoms with van der Waals surface area (Å²) in [5.74, 6) is 0.801. The molecule has 1 fully saturated rings. The molecule has 0 bridgehead atoms. The Hall–Kier alpha value is 0.610. The summed E-state index contributed by atoms with van der Waals surface area (Å²) < 4.78 is 1.90. The number of likely N-dealkylation sites (tertiary alicyclic amines) is 1. The maximum atomic E-state index is 12.3. The molecular formula is C11H12Br3NOS. The third-order valence-electron chi connectivity index (χ3n) is 2.98. The first-order valence-corrected chi connectivity index (χ1v) is 8.94. The average Bonchev–Trinajstić information content (AvgIpc) is 2.85. The van der Waals surface area contributed by atoms with Gasteiger partial charge in [-0.25, -0.2) is 0 Å². The third kappa shape index (κ3) is 3.33. The molecule has 2 heterocycles. The number of halogens is 3. The zero-order valence-electron chi connectivity index (χ0n) is 9.09. The van der Waals surface area contributed by atoms with Crippen molar-refractivity contribution in [3.63, 3.8) is 0 Å². The first-order valence-electron chi connectivity index (χ1n) is 5.42. The van der Waals surface area contributed by atoms with Crippen molar-refractivity contribution in [1.29, 1.82) is 0 Å². The molecule has 1 aliphatic heterocycles. The van der Waals surface area contributed by atoms with Crippen molar-refractivity contribution in [3.8, 4) is 0 Å². The van der Waals surface area contributed by atoms with Crippen LogP contribution in [0.2, 0.25) is 0 Å². The fraction of sp³-hybridized carbons (Fsp3) is 0.545. The van der Waals surface area contributed by atoms with Gasteiger partial charge in [-0.05, 0) is 56.7 Å². The molecule has 0 spiro atoms. The van der Waals surface area contributed by atoms with Gasteiger partial charge in [0, 0.05) is 18.4 Å². The maximum Gasteiger partial charge on any atom is 0.255 e.